The van der Waals surface area contributed by atoms with E-state index in [1.165, 1.54) is 0 Å². The number of rotatable bonds is 8. The number of nitrogens with zero attached hydrogens (tertiary/aromatic N) is 6. The minimum absolute atomic E-state index is 0.0194. The third kappa shape index (κ3) is 5.71. The number of allylic oxidation sites excluding steroid dienone is 2. The van der Waals surface area contributed by atoms with Gasteiger partial charge in [0.1, 0.15) is 0 Å². The molecule has 0 radical (unpaired) electrons. The largest absolute Gasteiger partial charge is 0.395 e. The summed E-state index contributed by atoms with van der Waals surface area (Å²) in [5.74, 6) is -0.351. The predicted octanol–water partition coefficient (Wildman–Crippen LogP) is 3.33. The van der Waals surface area contributed by atoms with E-state index in [4.69, 9.17) is 9.97 Å². The van der Waals surface area contributed by atoms with Crippen LogP contribution in [0, 0.1) is 12.3 Å². The highest BCUT2D eigenvalue weighted by molar-refractivity contribution is 5.97. The number of hydrogen-bond acceptors (Lipinski definition) is 8. The van der Waals surface area contributed by atoms with E-state index in [9.17, 15) is 19.8 Å². The molecule has 41 heavy (non-hydrogen) atoms. The van der Waals surface area contributed by atoms with Crippen molar-refractivity contribution >= 4 is 23.6 Å². The Morgan fingerprint density at radius 3 is 2.51 bits per heavy atom. The number of amides is 1. The minimum atomic E-state index is -1.21. The number of ketones is 1. The van der Waals surface area contributed by atoms with Crippen LogP contribution in [0.15, 0.2) is 41.7 Å². The van der Waals surface area contributed by atoms with Crippen LogP contribution >= 0.6 is 0 Å². The van der Waals surface area contributed by atoms with Crippen molar-refractivity contribution in [1.29, 1.82) is 0 Å². The van der Waals surface area contributed by atoms with Crippen molar-refractivity contribution in [2.45, 2.75) is 64.8 Å². The quantitative estimate of drug-likeness (QED) is 0.405. The van der Waals surface area contributed by atoms with Crippen molar-refractivity contribution in [2.75, 3.05) is 26.3 Å². The second-order valence-electron chi connectivity index (χ2n) is 11.5. The van der Waals surface area contributed by atoms with Gasteiger partial charge in [0.25, 0.3) is 0 Å². The van der Waals surface area contributed by atoms with Gasteiger partial charge in [-0.3, -0.25) is 19.6 Å². The number of aryl methyl sites for hydroxylation is 1. The van der Waals surface area contributed by atoms with E-state index < -0.39 is 18.6 Å². The van der Waals surface area contributed by atoms with E-state index in [1.807, 2.05) is 37.5 Å². The maximum absolute atomic E-state index is 13.0. The molecule has 0 bridgehead atoms. The Balaban J connectivity index is 1.42. The molecular weight excluding hydrogens is 520 g/mol. The first kappa shape index (κ1) is 28.8. The van der Waals surface area contributed by atoms with Crippen LogP contribution in [0.4, 0.5) is 0 Å². The monoisotopic (exact) mass is 558 g/mol. The van der Waals surface area contributed by atoms with Crippen LogP contribution in [-0.2, 0) is 11.2 Å². The normalized spacial score (nSPS) is 18.2. The highest BCUT2D eigenvalue weighted by Crippen LogP contribution is 2.34. The molecule has 1 fully saturated rings. The summed E-state index contributed by atoms with van der Waals surface area (Å²) in [5.41, 5.74) is 4.22. The molecule has 2 N–H and O–H groups in total. The average Bonchev–Trinajstić information content (AvgIpc) is 3.25. The van der Waals surface area contributed by atoms with Crippen molar-refractivity contribution in [3.8, 4) is 11.1 Å². The van der Waals surface area contributed by atoms with Crippen LogP contribution in [0.5, 0.6) is 0 Å². The summed E-state index contributed by atoms with van der Waals surface area (Å²) in [7, 11) is 0. The Morgan fingerprint density at radius 2 is 1.85 bits per heavy atom. The average molecular weight is 559 g/mol. The first-order valence-corrected chi connectivity index (χ1v) is 14.3. The molecule has 1 atom stereocenters. The summed E-state index contributed by atoms with van der Waals surface area (Å²) < 4.78 is 1.73. The predicted molar refractivity (Wildman–Crippen MR) is 156 cm³/mol. The van der Waals surface area contributed by atoms with E-state index in [0.29, 0.717) is 37.1 Å². The first-order valence-electron chi connectivity index (χ1n) is 14.3. The van der Waals surface area contributed by atoms with E-state index in [1.54, 1.807) is 29.5 Å². The third-order valence-electron chi connectivity index (χ3n) is 8.41. The summed E-state index contributed by atoms with van der Waals surface area (Å²) in [6, 6.07) is 4.29. The topological polar surface area (TPSA) is 133 Å². The molecule has 0 spiro atoms. The number of carbonyl (C=O) groups excluding carboxylic acids is 2. The fourth-order valence-electron chi connectivity index (χ4n) is 5.81. The van der Waals surface area contributed by atoms with Crippen LogP contribution in [0.3, 0.4) is 0 Å². The maximum atomic E-state index is 13.0. The van der Waals surface area contributed by atoms with E-state index in [2.05, 4.69) is 16.2 Å². The van der Waals surface area contributed by atoms with Gasteiger partial charge in [-0.25, -0.2) is 9.50 Å². The SMILES string of the molecule is CC(=O)c1c(C2CCN(C(=O)C(C)(CO)CO)CC2)nc2c(-c3ccc(CC4CCC=CC=N4)nc3)cnn2c1C. The number of carbonyl (C=O) groups is 2. The fraction of sp³-hybridized carbons (Fsp3) is 0.484. The van der Waals surface area contributed by atoms with Crippen molar-refractivity contribution < 1.29 is 19.8 Å². The molecule has 2 aliphatic heterocycles. The molecule has 1 unspecified atom stereocenters. The zero-order valence-electron chi connectivity index (χ0n) is 24.0. The zero-order valence-corrected chi connectivity index (χ0v) is 24.0. The number of fused-ring (bicyclic) bond motifs is 1. The molecule has 10 heteroatoms. The third-order valence-corrected chi connectivity index (χ3v) is 8.41. The zero-order chi connectivity index (χ0) is 29.1. The van der Waals surface area contributed by atoms with Crippen molar-refractivity contribution in [3.63, 3.8) is 0 Å². The lowest BCUT2D eigenvalue weighted by molar-refractivity contribution is -0.147. The summed E-state index contributed by atoms with van der Waals surface area (Å²) >= 11 is 0. The first-order chi connectivity index (χ1) is 19.8. The summed E-state index contributed by atoms with van der Waals surface area (Å²) in [4.78, 5) is 41.8. The van der Waals surface area contributed by atoms with Crippen molar-refractivity contribution in [1.82, 2.24) is 24.5 Å². The Labute approximate surface area is 239 Å². The van der Waals surface area contributed by atoms with Gasteiger partial charge in [0, 0.05) is 54.7 Å². The molecule has 5 rings (SSSR count). The summed E-state index contributed by atoms with van der Waals surface area (Å²) in [6.07, 6.45) is 13.7. The smallest absolute Gasteiger partial charge is 0.233 e. The lowest BCUT2D eigenvalue weighted by Crippen LogP contribution is -2.49. The van der Waals surface area contributed by atoms with Crippen LogP contribution in [-0.4, -0.2) is 84.9 Å². The van der Waals surface area contributed by atoms with Gasteiger partial charge in [0.15, 0.2) is 11.4 Å². The van der Waals surface area contributed by atoms with Gasteiger partial charge in [-0.15, -0.1) is 0 Å². The fourth-order valence-corrected chi connectivity index (χ4v) is 5.81. The Bertz CT molecular complexity index is 1480. The number of aromatic nitrogens is 4. The molecule has 0 aliphatic carbocycles. The van der Waals surface area contributed by atoms with Crippen LogP contribution in [0.25, 0.3) is 16.8 Å². The molecule has 0 saturated carbocycles. The Hall–Kier alpha value is -3.76. The Kier molecular flexibility index (Phi) is 8.42. The van der Waals surface area contributed by atoms with Gasteiger partial charge in [0.05, 0.1) is 47.8 Å². The minimum Gasteiger partial charge on any atom is -0.395 e. The van der Waals surface area contributed by atoms with Gasteiger partial charge in [-0.1, -0.05) is 12.1 Å². The number of aliphatic hydroxyl groups is 2. The highest BCUT2D eigenvalue weighted by Gasteiger charge is 2.38. The number of piperidine rings is 1. The van der Waals surface area contributed by atoms with Crippen LogP contribution in [0.1, 0.15) is 72.9 Å². The summed E-state index contributed by atoms with van der Waals surface area (Å²) in [5, 5.41) is 23.9. The van der Waals surface area contributed by atoms with Crippen LogP contribution in [0.2, 0.25) is 0 Å². The van der Waals surface area contributed by atoms with E-state index in [-0.39, 0.29) is 23.7 Å². The second kappa shape index (κ2) is 12.0. The van der Waals surface area contributed by atoms with E-state index >= 15 is 0 Å². The number of hydrogen-bond donors (Lipinski definition) is 2. The van der Waals surface area contributed by atoms with Gasteiger partial charge >= 0.3 is 0 Å². The second-order valence-corrected chi connectivity index (χ2v) is 11.5. The molecule has 10 nitrogen and oxygen atoms in total. The van der Waals surface area contributed by atoms with Crippen LogP contribution < -0.4 is 0 Å². The molecule has 5 heterocycles. The number of Topliss-reactive ketones (excluding diaryl/α,β-unsaturated/α-hetero) is 1. The van der Waals surface area contributed by atoms with Gasteiger partial charge in [0.2, 0.25) is 5.91 Å². The molecule has 1 amide bonds. The molecule has 0 aromatic carbocycles. The molecule has 3 aromatic heterocycles. The lowest BCUT2D eigenvalue weighted by atomic mass is 9.86. The number of aliphatic hydroxyl groups excluding tert-OH is 2. The molecule has 2 aliphatic rings. The molecule has 3 aromatic rings. The van der Waals surface area contributed by atoms with Crippen molar-refractivity contribution in [2.24, 2.45) is 10.4 Å². The van der Waals surface area contributed by atoms with Crippen molar-refractivity contribution in [3.05, 3.63) is 59.3 Å². The summed E-state index contributed by atoms with van der Waals surface area (Å²) in [6.45, 7) is 5.09. The van der Waals surface area contributed by atoms with Gasteiger partial charge in [-0.2, -0.15) is 5.10 Å². The highest BCUT2D eigenvalue weighted by atomic mass is 16.3. The number of pyridine rings is 1. The Morgan fingerprint density at radius 1 is 1.10 bits per heavy atom. The number of aliphatic imine (C=N–C) groups is 1. The molecule has 216 valence electrons. The standard InChI is InChI=1S/C31H38N6O4/c1-20-27(21(2)40)28(22-10-13-36(14-11-22)30(41)31(3,18-38)19-39)35-29-26(17-34-37(20)29)23-8-9-25(33-16-23)15-24-7-5-4-6-12-32-24/h4,6,8-9,12,16-17,22,24,38-39H,5,7,10-11,13-15,18-19H2,1-3H3. The number of likely N-dealkylation sites (tertiary alicyclic amines) is 1. The van der Waals surface area contributed by atoms with Gasteiger partial charge in [-0.05, 0) is 58.6 Å². The maximum Gasteiger partial charge on any atom is 0.233 e. The molecule has 1 saturated heterocycles. The molecular formula is C31H38N6O4. The van der Waals surface area contributed by atoms with Gasteiger partial charge < -0.3 is 15.1 Å². The lowest BCUT2D eigenvalue weighted by Gasteiger charge is -2.37. The van der Waals surface area contributed by atoms with E-state index in [0.717, 1.165) is 47.5 Å².